The molecule has 0 aliphatic carbocycles. The van der Waals surface area contributed by atoms with E-state index in [0.29, 0.717) is 32.2 Å². The normalized spacial score (nSPS) is 14.2. The Morgan fingerprint density at radius 2 is 1.64 bits per heavy atom. The van der Waals surface area contributed by atoms with E-state index in [4.69, 9.17) is 16.3 Å². The Hall–Kier alpha value is -4.41. The third-order valence-corrected chi connectivity index (χ3v) is 6.35. The van der Waals surface area contributed by atoms with Crippen LogP contribution in [0, 0.1) is 5.92 Å². The fraction of sp³-hybridized carbons (Fsp3) is 0.514. The molecule has 2 N–H and O–H groups in total. The van der Waals surface area contributed by atoms with E-state index in [1.54, 1.807) is 11.8 Å². The zero-order valence-corrected chi connectivity index (χ0v) is 31.4. The minimum Gasteiger partial charge on any atom is -0.484 e. The summed E-state index contributed by atoms with van der Waals surface area (Å²) in [6.07, 6.45) is -1.86. The largest absolute Gasteiger partial charge is 0.484 e. The zero-order chi connectivity index (χ0) is 41.5. The molecular formula is C35H47ClF7N3O7. The summed E-state index contributed by atoms with van der Waals surface area (Å²) in [5.74, 6) is -6.48. The predicted octanol–water partition coefficient (Wildman–Crippen LogP) is 8.12. The number of benzene rings is 1. The van der Waals surface area contributed by atoms with Gasteiger partial charge in [0.2, 0.25) is 18.2 Å². The molecular weight excluding hydrogens is 743 g/mol. The first-order valence-electron chi connectivity index (χ1n) is 16.1. The number of amides is 3. The highest BCUT2D eigenvalue weighted by Gasteiger charge is 2.33. The lowest BCUT2D eigenvalue weighted by molar-refractivity contribution is -0.155. The molecule has 2 rings (SSSR count). The topological polar surface area (TPSA) is 131 Å². The number of likely N-dealkylation sites (tertiary alicyclic amines) is 1. The highest BCUT2D eigenvalue weighted by molar-refractivity contribution is 6.31. The van der Waals surface area contributed by atoms with Gasteiger partial charge in [0.05, 0.1) is 17.7 Å². The van der Waals surface area contributed by atoms with Crippen LogP contribution in [0.1, 0.15) is 73.3 Å². The summed E-state index contributed by atoms with van der Waals surface area (Å²) in [7, 11) is 0. The number of alkyl halides is 4. The van der Waals surface area contributed by atoms with Crippen LogP contribution >= 0.6 is 11.6 Å². The van der Waals surface area contributed by atoms with Gasteiger partial charge in [0, 0.05) is 43.1 Å². The molecule has 18 heteroatoms. The maximum Gasteiger partial charge on any atom is 0.418 e. The molecule has 10 nitrogen and oxygen atoms in total. The van der Waals surface area contributed by atoms with Gasteiger partial charge in [-0.05, 0) is 58.7 Å². The molecule has 0 bridgehead atoms. The van der Waals surface area contributed by atoms with Crippen LogP contribution in [0.4, 0.5) is 36.4 Å². The third-order valence-electron chi connectivity index (χ3n) is 6.12. The van der Waals surface area contributed by atoms with Gasteiger partial charge in [0.25, 0.3) is 0 Å². The van der Waals surface area contributed by atoms with E-state index in [1.807, 2.05) is 34.6 Å². The van der Waals surface area contributed by atoms with Crippen molar-refractivity contribution in [3.05, 3.63) is 64.7 Å². The van der Waals surface area contributed by atoms with Crippen molar-refractivity contribution in [2.75, 3.05) is 31.7 Å². The summed E-state index contributed by atoms with van der Waals surface area (Å²) < 4.78 is 96.1. The van der Waals surface area contributed by atoms with Crippen LogP contribution in [0.5, 0.6) is 0 Å². The molecule has 1 heterocycles. The van der Waals surface area contributed by atoms with E-state index in [1.165, 1.54) is 0 Å². The van der Waals surface area contributed by atoms with Gasteiger partial charge < -0.3 is 25.0 Å². The van der Waals surface area contributed by atoms with Gasteiger partial charge in [0.1, 0.15) is 24.7 Å². The lowest BCUT2D eigenvalue weighted by atomic mass is 9.96. The number of carbonyl (C=O) groups excluding carboxylic acids is 5. The smallest absolute Gasteiger partial charge is 0.418 e. The Bertz CT molecular complexity index is 1420. The number of aldehydes is 1. The first-order chi connectivity index (χ1) is 24.5. The fourth-order valence-corrected chi connectivity index (χ4v) is 4.11. The van der Waals surface area contributed by atoms with Gasteiger partial charge in [-0.3, -0.25) is 24.0 Å². The second-order valence-corrected chi connectivity index (χ2v) is 12.2. The molecule has 1 fully saturated rings. The lowest BCUT2D eigenvalue weighted by Crippen LogP contribution is -2.43. The number of nitrogens with one attached hydrogen (secondary N) is 2. The summed E-state index contributed by atoms with van der Waals surface area (Å²) in [6.45, 7) is 14.5. The van der Waals surface area contributed by atoms with Crippen LogP contribution in [-0.2, 0) is 39.6 Å². The molecule has 53 heavy (non-hydrogen) atoms. The summed E-state index contributed by atoms with van der Waals surface area (Å²) in [5.41, 5.74) is -1.76. The van der Waals surface area contributed by atoms with E-state index in [9.17, 15) is 54.7 Å². The van der Waals surface area contributed by atoms with Gasteiger partial charge >= 0.3 is 12.1 Å². The highest BCUT2D eigenvalue weighted by atomic mass is 35.5. The Balaban J connectivity index is 0. The summed E-state index contributed by atoms with van der Waals surface area (Å²) in [6, 6.07) is 2.76. The second-order valence-electron chi connectivity index (χ2n) is 11.8. The van der Waals surface area contributed by atoms with E-state index >= 15 is 0 Å². The van der Waals surface area contributed by atoms with Crippen molar-refractivity contribution in [1.29, 1.82) is 0 Å². The quantitative estimate of drug-likeness (QED) is 0.0719. The average molecular weight is 790 g/mol. The van der Waals surface area contributed by atoms with Crippen molar-refractivity contribution < 1.29 is 64.2 Å². The first kappa shape index (κ1) is 50.7. The number of nitrogens with zero attached hydrogens (tertiary/aromatic N) is 1. The number of ether oxygens (including phenoxy) is 2. The molecule has 1 aromatic carbocycles. The van der Waals surface area contributed by atoms with Gasteiger partial charge in [0.15, 0.2) is 23.7 Å². The Kier molecular flexibility index (Phi) is 24.4. The number of esters is 1. The van der Waals surface area contributed by atoms with Crippen LogP contribution in [0.2, 0.25) is 5.02 Å². The molecule has 1 saturated heterocycles. The number of hydrogen-bond donors (Lipinski definition) is 2. The van der Waals surface area contributed by atoms with Crippen molar-refractivity contribution in [3.8, 4) is 0 Å². The zero-order valence-electron chi connectivity index (χ0n) is 30.6. The minimum absolute atomic E-state index is 0.0325. The second kappa shape index (κ2) is 25.5. The van der Waals surface area contributed by atoms with Crippen LogP contribution < -0.4 is 10.6 Å². The molecule has 1 unspecified atom stereocenters. The molecule has 0 spiro atoms. The molecule has 1 aliphatic rings. The number of halogens is 8. The highest BCUT2D eigenvalue weighted by Crippen LogP contribution is 2.36. The monoisotopic (exact) mass is 789 g/mol. The summed E-state index contributed by atoms with van der Waals surface area (Å²) in [5, 5.41) is 5.06. The van der Waals surface area contributed by atoms with Gasteiger partial charge in [-0.2, -0.15) is 17.6 Å². The summed E-state index contributed by atoms with van der Waals surface area (Å²) >= 11 is 5.53. The molecule has 0 aromatic heterocycles. The minimum atomic E-state index is -4.51. The van der Waals surface area contributed by atoms with Crippen LogP contribution in [0.3, 0.4) is 0 Å². The Labute approximate surface area is 309 Å². The Morgan fingerprint density at radius 1 is 1.08 bits per heavy atom. The molecule has 300 valence electrons. The SMILES string of the molecule is C=C(OCC=O)/C(F)=C(F)\C=C(\F)CF.CC.CC(=O)Nc1cc(Cl)ccc1C(F)(F)F.CC(CC(=O)OC(C)(C)C)NC(=O)C1CCN(C=O)CC1. The van der Waals surface area contributed by atoms with Crippen molar-refractivity contribution in [1.82, 2.24) is 10.2 Å². The van der Waals surface area contributed by atoms with E-state index < -0.39 is 59.8 Å². The van der Waals surface area contributed by atoms with Crippen LogP contribution in [-0.4, -0.2) is 73.4 Å². The van der Waals surface area contributed by atoms with Crippen molar-refractivity contribution in [2.24, 2.45) is 5.92 Å². The van der Waals surface area contributed by atoms with E-state index in [0.717, 1.165) is 31.5 Å². The fourth-order valence-electron chi connectivity index (χ4n) is 3.94. The number of piperidine rings is 1. The lowest BCUT2D eigenvalue weighted by Gasteiger charge is -2.29. The molecule has 1 aromatic rings. The van der Waals surface area contributed by atoms with E-state index in [-0.39, 0.29) is 47.0 Å². The maximum absolute atomic E-state index is 12.8. The van der Waals surface area contributed by atoms with Crippen LogP contribution in [0.15, 0.2) is 54.1 Å². The summed E-state index contributed by atoms with van der Waals surface area (Å²) in [4.78, 5) is 56.6. The Morgan fingerprint density at radius 3 is 2.09 bits per heavy atom. The molecule has 1 aliphatic heterocycles. The molecule has 0 radical (unpaired) electrons. The third kappa shape index (κ3) is 23.0. The standard InChI is InChI=1S/C15H26N2O4.C9H7ClF3NO.C9H8F4O2.C2H6/c1-11(9-13(19)21-15(2,3)4)16-14(20)12-5-7-17(10-18)8-6-12;1-5(15)14-8-4-6(10)2-3-7(8)9(11,12)13;1-6(15-3-2-14)9(13)8(12)4-7(11)5-10;1-2/h10-12H,5-9H2,1-4H3,(H,16,20);2-4H,1H3,(H,14,15);2,4H,1,3,5H2;1-2H3/b;;7-4+,9-8-;. The van der Waals surface area contributed by atoms with Gasteiger partial charge in [-0.1, -0.05) is 32.0 Å². The van der Waals surface area contributed by atoms with Gasteiger partial charge in [-0.25, -0.2) is 13.2 Å². The number of hydrogen-bond acceptors (Lipinski definition) is 7. The predicted molar refractivity (Wildman–Crippen MR) is 186 cm³/mol. The molecule has 1 atom stereocenters. The number of anilines is 1. The molecule has 0 saturated carbocycles. The van der Waals surface area contributed by atoms with Gasteiger partial charge in [-0.15, -0.1) is 0 Å². The van der Waals surface area contributed by atoms with Crippen LogP contribution in [0.25, 0.3) is 0 Å². The maximum atomic E-state index is 12.8. The van der Waals surface area contributed by atoms with Crippen molar-refractivity contribution >= 4 is 47.8 Å². The first-order valence-corrected chi connectivity index (χ1v) is 16.5. The van der Waals surface area contributed by atoms with Crippen molar-refractivity contribution in [3.63, 3.8) is 0 Å². The molecule has 3 amide bonds. The number of allylic oxidation sites excluding steroid dienone is 4. The van der Waals surface area contributed by atoms with Crippen molar-refractivity contribution in [2.45, 2.75) is 85.5 Å². The average Bonchev–Trinajstić information content (AvgIpc) is 3.06. The number of rotatable bonds is 12. The number of carbonyl (C=O) groups is 5. The van der Waals surface area contributed by atoms with E-state index in [2.05, 4.69) is 21.9 Å².